The summed E-state index contributed by atoms with van der Waals surface area (Å²) in [7, 11) is 5.51. The second-order valence-electron chi connectivity index (χ2n) is 8.15. The lowest BCUT2D eigenvalue weighted by Crippen LogP contribution is -2.52. The molecule has 1 unspecified atom stereocenters. The second-order valence-corrected chi connectivity index (χ2v) is 8.15. The van der Waals surface area contributed by atoms with Gasteiger partial charge in [-0.25, -0.2) is 4.79 Å². The van der Waals surface area contributed by atoms with Crippen LogP contribution in [0.5, 0.6) is 0 Å². The minimum absolute atomic E-state index is 0.0232. The second kappa shape index (κ2) is 9.31. The number of amides is 3. The van der Waals surface area contributed by atoms with E-state index in [4.69, 9.17) is 0 Å². The number of fused-ring (bicyclic) bond motifs is 1. The summed E-state index contributed by atoms with van der Waals surface area (Å²) in [6.45, 7) is 2.39. The molecule has 0 aromatic carbocycles. The molecular formula is C22H28N8O2. The average molecular weight is 437 g/mol. The van der Waals surface area contributed by atoms with Gasteiger partial charge in [-0.2, -0.15) is 0 Å². The molecule has 1 aliphatic heterocycles. The summed E-state index contributed by atoms with van der Waals surface area (Å²) in [6.07, 6.45) is 4.17. The number of aromatic nitrogens is 4. The van der Waals surface area contributed by atoms with Crippen LogP contribution in [0.15, 0.2) is 42.7 Å². The summed E-state index contributed by atoms with van der Waals surface area (Å²) in [4.78, 5) is 35.0. The van der Waals surface area contributed by atoms with Crippen molar-refractivity contribution in [2.45, 2.75) is 12.5 Å². The van der Waals surface area contributed by atoms with Crippen LogP contribution in [0.25, 0.3) is 5.65 Å². The Kier molecular flexibility index (Phi) is 6.31. The van der Waals surface area contributed by atoms with E-state index in [1.165, 1.54) is 0 Å². The van der Waals surface area contributed by atoms with Gasteiger partial charge in [0, 0.05) is 64.8 Å². The van der Waals surface area contributed by atoms with Gasteiger partial charge in [-0.3, -0.25) is 19.1 Å². The number of carbonyl (C=O) groups excluding carboxylic acids is 2. The Bertz CT molecular complexity index is 1100. The Balaban J connectivity index is 1.50. The van der Waals surface area contributed by atoms with Crippen molar-refractivity contribution in [1.82, 2.24) is 39.6 Å². The standard InChI is InChI=1S/C22H28N8O2/c1-27(2)22(32)29-13-12-28(3)18(15-29)20-26-25-19-8-7-16(14-30(19)20)21(31)24-11-9-17-6-4-5-10-23-17/h4-8,10,14,18H,9,11-13,15H2,1-3H3,(H,24,31). The van der Waals surface area contributed by atoms with Gasteiger partial charge in [0.15, 0.2) is 11.5 Å². The summed E-state index contributed by atoms with van der Waals surface area (Å²) in [5.74, 6) is 0.547. The predicted octanol–water partition coefficient (Wildman–Crippen LogP) is 1.07. The number of carbonyl (C=O) groups is 2. The zero-order valence-electron chi connectivity index (χ0n) is 18.6. The van der Waals surface area contributed by atoms with Gasteiger partial charge in [0.05, 0.1) is 11.6 Å². The molecule has 4 rings (SSSR count). The quantitative estimate of drug-likeness (QED) is 0.642. The third-order valence-corrected chi connectivity index (χ3v) is 5.68. The number of piperazine rings is 1. The van der Waals surface area contributed by atoms with Crippen molar-refractivity contribution < 1.29 is 9.59 Å². The fourth-order valence-corrected chi connectivity index (χ4v) is 3.83. The van der Waals surface area contributed by atoms with Gasteiger partial charge >= 0.3 is 6.03 Å². The smallest absolute Gasteiger partial charge is 0.319 e. The largest absolute Gasteiger partial charge is 0.352 e. The Hall–Kier alpha value is -3.53. The van der Waals surface area contributed by atoms with E-state index < -0.39 is 0 Å². The molecule has 1 saturated heterocycles. The lowest BCUT2D eigenvalue weighted by Gasteiger charge is -2.39. The fraction of sp³-hybridized carbons (Fsp3) is 0.409. The van der Waals surface area contributed by atoms with Gasteiger partial charge in [-0.05, 0) is 31.3 Å². The molecule has 4 heterocycles. The normalized spacial score (nSPS) is 16.8. The van der Waals surface area contributed by atoms with E-state index in [-0.39, 0.29) is 18.0 Å². The molecule has 0 saturated carbocycles. The number of pyridine rings is 2. The molecule has 10 heteroatoms. The summed E-state index contributed by atoms with van der Waals surface area (Å²) < 4.78 is 1.85. The van der Waals surface area contributed by atoms with E-state index in [9.17, 15) is 9.59 Å². The van der Waals surface area contributed by atoms with Crippen molar-refractivity contribution >= 4 is 17.6 Å². The van der Waals surface area contributed by atoms with Crippen molar-refractivity contribution in [2.75, 3.05) is 47.3 Å². The summed E-state index contributed by atoms with van der Waals surface area (Å²) in [6, 6.07) is 9.13. The number of urea groups is 1. The highest BCUT2D eigenvalue weighted by Crippen LogP contribution is 2.24. The molecule has 3 aromatic rings. The lowest BCUT2D eigenvalue weighted by atomic mass is 10.1. The van der Waals surface area contributed by atoms with Crippen LogP contribution in [0.3, 0.4) is 0 Å². The minimum atomic E-state index is -0.163. The van der Waals surface area contributed by atoms with E-state index >= 15 is 0 Å². The van der Waals surface area contributed by atoms with Crippen LogP contribution in [-0.4, -0.2) is 93.5 Å². The first-order chi connectivity index (χ1) is 15.4. The number of nitrogens with zero attached hydrogens (tertiary/aromatic N) is 7. The van der Waals surface area contributed by atoms with Crippen molar-refractivity contribution in [3.63, 3.8) is 0 Å². The molecule has 0 bridgehead atoms. The van der Waals surface area contributed by atoms with Crippen molar-refractivity contribution in [3.05, 3.63) is 59.8 Å². The predicted molar refractivity (Wildman–Crippen MR) is 119 cm³/mol. The summed E-state index contributed by atoms with van der Waals surface area (Å²) in [5.41, 5.74) is 2.12. The van der Waals surface area contributed by atoms with Gasteiger partial charge in [-0.15, -0.1) is 10.2 Å². The van der Waals surface area contributed by atoms with Crippen LogP contribution in [0.2, 0.25) is 0 Å². The number of likely N-dealkylation sites (N-methyl/N-ethyl adjacent to an activating group) is 1. The lowest BCUT2D eigenvalue weighted by molar-refractivity contribution is 0.0933. The van der Waals surface area contributed by atoms with Gasteiger partial charge < -0.3 is 15.1 Å². The maximum Gasteiger partial charge on any atom is 0.319 e. The number of hydrogen-bond donors (Lipinski definition) is 1. The molecular weight excluding hydrogens is 408 g/mol. The molecule has 3 amide bonds. The average Bonchev–Trinajstić information content (AvgIpc) is 3.22. The van der Waals surface area contributed by atoms with Crippen molar-refractivity contribution in [3.8, 4) is 0 Å². The summed E-state index contributed by atoms with van der Waals surface area (Å²) in [5, 5.41) is 11.6. The van der Waals surface area contributed by atoms with Gasteiger partial charge in [0.2, 0.25) is 0 Å². The van der Waals surface area contributed by atoms with Crippen LogP contribution in [0.4, 0.5) is 4.79 Å². The van der Waals surface area contributed by atoms with Crippen LogP contribution in [0, 0.1) is 0 Å². The molecule has 1 atom stereocenters. The molecule has 10 nitrogen and oxygen atoms in total. The fourth-order valence-electron chi connectivity index (χ4n) is 3.83. The van der Waals surface area contributed by atoms with Gasteiger partial charge in [-0.1, -0.05) is 6.07 Å². The maximum atomic E-state index is 12.7. The molecule has 0 spiro atoms. The Morgan fingerprint density at radius 2 is 2.00 bits per heavy atom. The highest BCUT2D eigenvalue weighted by atomic mass is 16.2. The van der Waals surface area contributed by atoms with Gasteiger partial charge in [0.25, 0.3) is 5.91 Å². The first kappa shape index (κ1) is 21.7. The van der Waals surface area contributed by atoms with E-state index in [2.05, 4.69) is 25.4 Å². The summed E-state index contributed by atoms with van der Waals surface area (Å²) >= 11 is 0. The number of rotatable bonds is 5. The van der Waals surface area contributed by atoms with E-state index in [0.29, 0.717) is 43.1 Å². The van der Waals surface area contributed by atoms with Crippen molar-refractivity contribution in [2.24, 2.45) is 0 Å². The Labute approximate surface area is 186 Å². The Morgan fingerprint density at radius 3 is 2.75 bits per heavy atom. The molecule has 168 valence electrons. The molecule has 32 heavy (non-hydrogen) atoms. The highest BCUT2D eigenvalue weighted by Gasteiger charge is 2.32. The third-order valence-electron chi connectivity index (χ3n) is 5.68. The molecule has 0 aliphatic carbocycles. The third kappa shape index (κ3) is 4.54. The van der Waals surface area contributed by atoms with Crippen molar-refractivity contribution in [1.29, 1.82) is 0 Å². The van der Waals surface area contributed by atoms with Crippen LogP contribution in [-0.2, 0) is 6.42 Å². The van der Waals surface area contributed by atoms with Crippen LogP contribution >= 0.6 is 0 Å². The first-order valence-corrected chi connectivity index (χ1v) is 10.6. The van der Waals surface area contributed by atoms with E-state index in [0.717, 1.165) is 12.2 Å². The first-order valence-electron chi connectivity index (χ1n) is 10.6. The van der Waals surface area contributed by atoms with Gasteiger partial charge in [0.1, 0.15) is 0 Å². The number of hydrogen-bond acceptors (Lipinski definition) is 6. The Morgan fingerprint density at radius 1 is 1.16 bits per heavy atom. The van der Waals surface area contributed by atoms with Crippen LogP contribution in [0.1, 0.15) is 27.9 Å². The highest BCUT2D eigenvalue weighted by molar-refractivity contribution is 5.94. The number of nitrogens with one attached hydrogen (secondary N) is 1. The molecule has 0 radical (unpaired) electrons. The van der Waals surface area contributed by atoms with Crippen LogP contribution < -0.4 is 5.32 Å². The topological polar surface area (TPSA) is 99.0 Å². The molecule has 3 aromatic heterocycles. The van der Waals surface area contributed by atoms with E-state index in [1.807, 2.05) is 34.5 Å². The zero-order valence-corrected chi connectivity index (χ0v) is 18.6. The molecule has 1 aliphatic rings. The SMILES string of the molecule is CN(C)C(=O)N1CCN(C)C(c2nnc3ccc(C(=O)NCCc4ccccn4)cn23)C1. The molecule has 1 N–H and O–H groups in total. The molecule has 1 fully saturated rings. The minimum Gasteiger partial charge on any atom is -0.352 e. The monoisotopic (exact) mass is 436 g/mol. The van der Waals surface area contributed by atoms with E-state index in [1.54, 1.807) is 43.5 Å². The zero-order chi connectivity index (χ0) is 22.7. The maximum absolute atomic E-state index is 12.7.